The number of rotatable bonds is 4. The summed E-state index contributed by atoms with van der Waals surface area (Å²) in [6, 6.07) is 19.3. The lowest BCUT2D eigenvalue weighted by atomic mass is 9.87. The normalized spacial score (nSPS) is 16.1. The zero-order valence-corrected chi connectivity index (χ0v) is 15.9. The standard InChI is InChI=1S/C23H24N2O3/c1-16-20(24-22(28-16)19-10-6-3-7-11-19)23(27)25-14-12-18(13-15-25)21(26)17-8-4-2-5-9-17/h2-11,18,21,26H,12-15H2,1H3/t21-/m1/s1. The van der Waals surface area contributed by atoms with E-state index < -0.39 is 6.10 Å². The van der Waals surface area contributed by atoms with Gasteiger partial charge in [0.05, 0.1) is 6.10 Å². The fourth-order valence-corrected chi connectivity index (χ4v) is 3.79. The Labute approximate surface area is 164 Å². The Hall–Kier alpha value is -2.92. The van der Waals surface area contributed by atoms with Gasteiger partial charge < -0.3 is 14.4 Å². The van der Waals surface area contributed by atoms with E-state index in [1.165, 1.54) is 0 Å². The smallest absolute Gasteiger partial charge is 0.276 e. The van der Waals surface area contributed by atoms with Crippen LogP contribution in [-0.2, 0) is 0 Å². The third-order valence-corrected chi connectivity index (χ3v) is 5.43. The number of carbonyl (C=O) groups excluding carboxylic acids is 1. The van der Waals surface area contributed by atoms with Crippen molar-refractivity contribution in [2.24, 2.45) is 5.92 Å². The van der Waals surface area contributed by atoms with Crippen LogP contribution in [0, 0.1) is 12.8 Å². The van der Waals surface area contributed by atoms with Crippen molar-refractivity contribution in [3.05, 3.63) is 77.7 Å². The van der Waals surface area contributed by atoms with Crippen molar-refractivity contribution >= 4 is 5.91 Å². The van der Waals surface area contributed by atoms with E-state index in [1.54, 1.807) is 6.92 Å². The molecule has 4 rings (SSSR count). The Balaban J connectivity index is 1.43. The van der Waals surface area contributed by atoms with Gasteiger partial charge in [0, 0.05) is 18.7 Å². The van der Waals surface area contributed by atoms with E-state index in [-0.39, 0.29) is 11.8 Å². The lowest BCUT2D eigenvalue weighted by Gasteiger charge is -2.34. The number of aryl methyl sites for hydroxylation is 1. The van der Waals surface area contributed by atoms with Crippen molar-refractivity contribution in [1.82, 2.24) is 9.88 Å². The van der Waals surface area contributed by atoms with Gasteiger partial charge in [-0.05, 0) is 43.4 Å². The molecule has 2 aromatic carbocycles. The van der Waals surface area contributed by atoms with Crippen LogP contribution < -0.4 is 0 Å². The molecule has 28 heavy (non-hydrogen) atoms. The molecule has 1 aromatic heterocycles. The summed E-state index contributed by atoms with van der Waals surface area (Å²) in [5, 5.41) is 10.6. The Morgan fingerprint density at radius 3 is 2.32 bits per heavy atom. The number of hydrogen-bond acceptors (Lipinski definition) is 4. The Kier molecular flexibility index (Phi) is 5.26. The van der Waals surface area contributed by atoms with Crippen LogP contribution in [0.25, 0.3) is 11.5 Å². The van der Waals surface area contributed by atoms with Crippen LogP contribution in [0.5, 0.6) is 0 Å². The minimum atomic E-state index is -0.489. The molecular weight excluding hydrogens is 352 g/mol. The Morgan fingerprint density at radius 1 is 1.07 bits per heavy atom. The van der Waals surface area contributed by atoms with Gasteiger partial charge in [-0.25, -0.2) is 4.98 Å². The Morgan fingerprint density at radius 2 is 1.68 bits per heavy atom. The molecule has 144 valence electrons. The van der Waals surface area contributed by atoms with Gasteiger partial charge in [0.25, 0.3) is 5.91 Å². The molecule has 5 heteroatoms. The number of aromatic nitrogens is 1. The summed E-state index contributed by atoms with van der Waals surface area (Å²) >= 11 is 0. The highest BCUT2D eigenvalue weighted by Crippen LogP contribution is 2.31. The molecule has 1 saturated heterocycles. The molecule has 0 spiro atoms. The average Bonchev–Trinajstić information content (AvgIpc) is 3.16. The first-order valence-corrected chi connectivity index (χ1v) is 9.68. The minimum absolute atomic E-state index is 0.101. The van der Waals surface area contributed by atoms with Crippen LogP contribution in [-0.4, -0.2) is 34.0 Å². The number of carbonyl (C=O) groups is 1. The number of oxazole rings is 1. The van der Waals surface area contributed by atoms with Crippen molar-refractivity contribution in [3.63, 3.8) is 0 Å². The van der Waals surface area contributed by atoms with Gasteiger partial charge in [-0.2, -0.15) is 0 Å². The molecule has 0 bridgehead atoms. The molecule has 5 nitrogen and oxygen atoms in total. The predicted octanol–water partition coefficient (Wildman–Crippen LogP) is 4.24. The maximum atomic E-state index is 13.0. The predicted molar refractivity (Wildman–Crippen MR) is 107 cm³/mol. The first-order valence-electron chi connectivity index (χ1n) is 9.68. The van der Waals surface area contributed by atoms with Crippen molar-refractivity contribution in [2.45, 2.75) is 25.9 Å². The Bertz CT molecular complexity index is 929. The quantitative estimate of drug-likeness (QED) is 0.740. The molecular formula is C23H24N2O3. The van der Waals surface area contributed by atoms with E-state index in [0.717, 1.165) is 24.0 Å². The van der Waals surface area contributed by atoms with Crippen molar-refractivity contribution in [3.8, 4) is 11.5 Å². The number of likely N-dealkylation sites (tertiary alicyclic amines) is 1. The van der Waals surface area contributed by atoms with Gasteiger partial charge in [0.15, 0.2) is 5.69 Å². The van der Waals surface area contributed by atoms with Crippen LogP contribution >= 0.6 is 0 Å². The van der Waals surface area contributed by atoms with E-state index in [9.17, 15) is 9.90 Å². The lowest BCUT2D eigenvalue weighted by Crippen LogP contribution is -2.40. The molecule has 1 fully saturated rings. The summed E-state index contributed by atoms with van der Waals surface area (Å²) in [6.45, 7) is 3.00. The van der Waals surface area contributed by atoms with Crippen molar-refractivity contribution < 1.29 is 14.3 Å². The number of amides is 1. The number of benzene rings is 2. The monoisotopic (exact) mass is 376 g/mol. The summed E-state index contributed by atoms with van der Waals surface area (Å²) in [4.78, 5) is 19.2. The summed E-state index contributed by atoms with van der Waals surface area (Å²) < 4.78 is 5.73. The zero-order valence-electron chi connectivity index (χ0n) is 15.9. The third kappa shape index (κ3) is 3.71. The molecule has 1 N–H and O–H groups in total. The van der Waals surface area contributed by atoms with Crippen LogP contribution in [0.4, 0.5) is 0 Å². The van der Waals surface area contributed by atoms with E-state index in [1.807, 2.05) is 65.6 Å². The largest absolute Gasteiger partial charge is 0.441 e. The van der Waals surface area contributed by atoms with Crippen LogP contribution in [0.3, 0.4) is 0 Å². The van der Waals surface area contributed by atoms with E-state index in [0.29, 0.717) is 30.4 Å². The van der Waals surface area contributed by atoms with Crippen molar-refractivity contribution in [1.29, 1.82) is 0 Å². The summed E-state index contributed by atoms with van der Waals surface area (Å²) in [5.74, 6) is 1.06. The van der Waals surface area contributed by atoms with E-state index in [2.05, 4.69) is 4.98 Å². The second kappa shape index (κ2) is 7.98. The molecule has 1 amide bonds. The van der Waals surface area contributed by atoms with E-state index in [4.69, 9.17) is 4.42 Å². The molecule has 0 saturated carbocycles. The highest BCUT2D eigenvalue weighted by molar-refractivity contribution is 5.93. The van der Waals surface area contributed by atoms with Crippen LogP contribution in [0.15, 0.2) is 65.1 Å². The minimum Gasteiger partial charge on any atom is -0.441 e. The van der Waals surface area contributed by atoms with E-state index >= 15 is 0 Å². The molecule has 1 aliphatic rings. The third-order valence-electron chi connectivity index (χ3n) is 5.43. The second-order valence-corrected chi connectivity index (χ2v) is 7.27. The lowest BCUT2D eigenvalue weighted by molar-refractivity contribution is 0.0458. The van der Waals surface area contributed by atoms with Gasteiger partial charge in [0.1, 0.15) is 5.76 Å². The van der Waals surface area contributed by atoms with Gasteiger partial charge in [-0.1, -0.05) is 48.5 Å². The second-order valence-electron chi connectivity index (χ2n) is 7.27. The summed E-state index contributed by atoms with van der Waals surface area (Å²) in [7, 11) is 0. The topological polar surface area (TPSA) is 66.6 Å². The highest BCUT2D eigenvalue weighted by atomic mass is 16.4. The molecule has 0 aliphatic carbocycles. The zero-order chi connectivity index (χ0) is 19.5. The maximum absolute atomic E-state index is 13.0. The number of nitrogens with zero attached hydrogens (tertiary/aromatic N) is 2. The molecule has 2 heterocycles. The van der Waals surface area contributed by atoms with Gasteiger partial charge in [0.2, 0.25) is 5.89 Å². The summed E-state index contributed by atoms with van der Waals surface area (Å²) in [5.41, 5.74) is 2.17. The highest BCUT2D eigenvalue weighted by Gasteiger charge is 2.30. The van der Waals surface area contributed by atoms with Crippen LogP contribution in [0.2, 0.25) is 0 Å². The SMILES string of the molecule is Cc1oc(-c2ccccc2)nc1C(=O)N1CCC([C@H](O)c2ccccc2)CC1. The molecule has 1 aliphatic heterocycles. The average molecular weight is 376 g/mol. The summed E-state index contributed by atoms with van der Waals surface area (Å²) in [6.07, 6.45) is 1.05. The molecule has 3 aromatic rings. The van der Waals surface area contributed by atoms with Gasteiger partial charge in [-0.3, -0.25) is 4.79 Å². The first-order chi connectivity index (χ1) is 13.6. The van der Waals surface area contributed by atoms with Gasteiger partial charge >= 0.3 is 0 Å². The molecule has 1 atom stereocenters. The maximum Gasteiger partial charge on any atom is 0.276 e. The first kappa shape index (κ1) is 18.4. The number of aliphatic hydroxyl groups excluding tert-OH is 1. The fraction of sp³-hybridized carbons (Fsp3) is 0.304. The van der Waals surface area contributed by atoms with Crippen molar-refractivity contribution in [2.75, 3.05) is 13.1 Å². The van der Waals surface area contributed by atoms with Crippen LogP contribution in [0.1, 0.15) is 40.8 Å². The molecule has 0 radical (unpaired) electrons. The fourth-order valence-electron chi connectivity index (χ4n) is 3.79. The number of aliphatic hydroxyl groups is 1. The molecule has 0 unspecified atom stereocenters. The van der Waals surface area contributed by atoms with Gasteiger partial charge in [-0.15, -0.1) is 0 Å². The number of piperidine rings is 1. The number of hydrogen-bond donors (Lipinski definition) is 1.